The van der Waals surface area contributed by atoms with E-state index in [0.717, 1.165) is 6.54 Å². The zero-order valence-corrected chi connectivity index (χ0v) is 15.5. The molecule has 4 rings (SSSR count). The molecule has 128 valence electrons. The van der Waals surface area contributed by atoms with E-state index in [-0.39, 0.29) is 5.41 Å². The van der Waals surface area contributed by atoms with Crippen LogP contribution in [0.15, 0.2) is 60.8 Å². The Kier molecular flexibility index (Phi) is 4.33. The third-order valence-corrected chi connectivity index (χ3v) is 6.10. The van der Waals surface area contributed by atoms with Crippen LogP contribution in [0.3, 0.4) is 0 Å². The summed E-state index contributed by atoms with van der Waals surface area (Å²) >= 11 is 0. The Bertz CT molecular complexity index is 895. The number of benzene rings is 2. The summed E-state index contributed by atoms with van der Waals surface area (Å²) in [6, 6.07) is 20.2. The summed E-state index contributed by atoms with van der Waals surface area (Å²) in [4.78, 5) is 0. The van der Waals surface area contributed by atoms with Gasteiger partial charge < -0.3 is 0 Å². The normalized spacial score (nSPS) is 18.8. The Labute approximate surface area is 151 Å². The quantitative estimate of drug-likeness (QED) is 0.397. The van der Waals surface area contributed by atoms with Crippen molar-refractivity contribution in [2.75, 3.05) is 0 Å². The second-order valence-electron chi connectivity index (χ2n) is 7.52. The monoisotopic (exact) mass is 330 g/mol. The number of fused-ring (bicyclic) bond motifs is 5. The van der Waals surface area contributed by atoms with Crippen molar-refractivity contribution >= 4 is 10.8 Å². The molecule has 0 fully saturated rings. The van der Waals surface area contributed by atoms with E-state index in [1.807, 2.05) is 0 Å². The predicted molar refractivity (Wildman–Crippen MR) is 106 cm³/mol. The van der Waals surface area contributed by atoms with Crippen LogP contribution in [0.25, 0.3) is 22.0 Å². The largest absolute Gasteiger partial charge is 0.220 e. The molecule has 0 spiro atoms. The number of pyridine rings is 1. The average Bonchev–Trinajstić information content (AvgIpc) is 2.67. The van der Waals surface area contributed by atoms with Crippen molar-refractivity contribution in [2.45, 2.75) is 57.9 Å². The number of hydrogen-bond donors (Lipinski definition) is 0. The van der Waals surface area contributed by atoms with Crippen LogP contribution in [-0.2, 0) is 12.0 Å². The Morgan fingerprint density at radius 2 is 1.72 bits per heavy atom. The van der Waals surface area contributed by atoms with Gasteiger partial charge in [0.2, 0.25) is 5.69 Å². The second-order valence-corrected chi connectivity index (χ2v) is 7.52. The summed E-state index contributed by atoms with van der Waals surface area (Å²) in [5.41, 5.74) is 4.66. The van der Waals surface area contributed by atoms with Gasteiger partial charge in [-0.15, -0.1) is 0 Å². The SMILES string of the molecule is CCCCCC1(CC)C[n+]2ccc3ccccc3c2-c2ccccc21. The van der Waals surface area contributed by atoms with Crippen molar-refractivity contribution in [1.82, 2.24) is 0 Å². The summed E-state index contributed by atoms with van der Waals surface area (Å²) in [7, 11) is 0. The van der Waals surface area contributed by atoms with E-state index in [1.54, 1.807) is 5.56 Å². The van der Waals surface area contributed by atoms with Crippen LogP contribution in [0.2, 0.25) is 0 Å². The molecule has 25 heavy (non-hydrogen) atoms. The van der Waals surface area contributed by atoms with Crippen LogP contribution in [0, 0.1) is 0 Å². The third-order valence-electron chi connectivity index (χ3n) is 6.10. The van der Waals surface area contributed by atoms with Crippen LogP contribution in [-0.4, -0.2) is 0 Å². The molecule has 0 N–H and O–H groups in total. The molecular formula is C24H28N+. The number of aromatic nitrogens is 1. The maximum atomic E-state index is 2.51. The highest BCUT2D eigenvalue weighted by Crippen LogP contribution is 2.43. The van der Waals surface area contributed by atoms with Crippen molar-refractivity contribution < 1.29 is 4.57 Å². The van der Waals surface area contributed by atoms with Crippen molar-refractivity contribution in [3.63, 3.8) is 0 Å². The highest BCUT2D eigenvalue weighted by atomic mass is 15.0. The lowest BCUT2D eigenvalue weighted by Crippen LogP contribution is -2.51. The number of unbranched alkanes of at least 4 members (excludes halogenated alkanes) is 2. The minimum atomic E-state index is 0.270. The molecule has 3 aromatic rings. The van der Waals surface area contributed by atoms with Crippen LogP contribution < -0.4 is 4.57 Å². The lowest BCUT2D eigenvalue weighted by atomic mass is 9.69. The summed E-state index contributed by atoms with van der Waals surface area (Å²) in [6.07, 6.45) is 8.73. The maximum absolute atomic E-state index is 2.51. The molecule has 2 aromatic carbocycles. The van der Waals surface area contributed by atoms with Crippen molar-refractivity contribution in [3.05, 3.63) is 66.4 Å². The van der Waals surface area contributed by atoms with Crippen molar-refractivity contribution in [3.8, 4) is 11.3 Å². The van der Waals surface area contributed by atoms with Crippen molar-refractivity contribution in [1.29, 1.82) is 0 Å². The second kappa shape index (κ2) is 6.63. The van der Waals surface area contributed by atoms with Gasteiger partial charge in [0.25, 0.3) is 0 Å². The number of rotatable bonds is 5. The number of hydrogen-bond acceptors (Lipinski definition) is 0. The summed E-state index contributed by atoms with van der Waals surface area (Å²) < 4.78 is 2.51. The van der Waals surface area contributed by atoms with Gasteiger partial charge >= 0.3 is 0 Å². The minimum absolute atomic E-state index is 0.270. The van der Waals surface area contributed by atoms with E-state index in [2.05, 4.69) is 79.2 Å². The fourth-order valence-corrected chi connectivity index (χ4v) is 4.66. The molecule has 1 aromatic heterocycles. The van der Waals surface area contributed by atoms with E-state index >= 15 is 0 Å². The maximum Gasteiger partial charge on any atom is 0.220 e. The van der Waals surface area contributed by atoms with Gasteiger partial charge in [-0.3, -0.25) is 0 Å². The Morgan fingerprint density at radius 1 is 0.920 bits per heavy atom. The molecule has 0 saturated heterocycles. The van der Waals surface area contributed by atoms with Gasteiger partial charge in [0.1, 0.15) is 0 Å². The van der Waals surface area contributed by atoms with Gasteiger partial charge in [-0.25, -0.2) is 0 Å². The number of nitrogens with zero attached hydrogens (tertiary/aromatic N) is 1. The molecule has 1 unspecified atom stereocenters. The first-order valence-corrected chi connectivity index (χ1v) is 9.80. The van der Waals surface area contributed by atoms with E-state index in [9.17, 15) is 0 Å². The van der Waals surface area contributed by atoms with Crippen molar-refractivity contribution in [2.24, 2.45) is 0 Å². The molecule has 0 saturated carbocycles. The van der Waals surface area contributed by atoms with E-state index in [1.165, 1.54) is 54.1 Å². The molecule has 1 aliphatic rings. The molecule has 2 heterocycles. The van der Waals surface area contributed by atoms with Crippen LogP contribution in [0.5, 0.6) is 0 Å². The first-order chi connectivity index (χ1) is 12.3. The fraction of sp³-hybridized carbons (Fsp3) is 0.375. The first-order valence-electron chi connectivity index (χ1n) is 9.80. The lowest BCUT2D eigenvalue weighted by Gasteiger charge is -2.36. The fourth-order valence-electron chi connectivity index (χ4n) is 4.66. The van der Waals surface area contributed by atoms with Gasteiger partial charge in [0.15, 0.2) is 12.7 Å². The van der Waals surface area contributed by atoms with Gasteiger partial charge in [-0.2, -0.15) is 4.57 Å². The highest BCUT2D eigenvalue weighted by Gasteiger charge is 2.42. The molecule has 0 amide bonds. The molecule has 0 bridgehead atoms. The van der Waals surface area contributed by atoms with Gasteiger partial charge in [0.05, 0.1) is 16.4 Å². The summed E-state index contributed by atoms with van der Waals surface area (Å²) in [6.45, 7) is 5.77. The van der Waals surface area contributed by atoms with E-state index < -0.39 is 0 Å². The predicted octanol–water partition coefficient (Wildman–Crippen LogP) is 6.04. The average molecular weight is 330 g/mol. The molecule has 1 heteroatoms. The van der Waals surface area contributed by atoms with E-state index in [0.29, 0.717) is 0 Å². The van der Waals surface area contributed by atoms with Gasteiger partial charge in [-0.1, -0.05) is 69.5 Å². The summed E-state index contributed by atoms with van der Waals surface area (Å²) in [5.74, 6) is 0. The Balaban J connectivity index is 1.92. The Morgan fingerprint density at radius 3 is 2.56 bits per heavy atom. The molecular weight excluding hydrogens is 302 g/mol. The summed E-state index contributed by atoms with van der Waals surface area (Å²) in [5, 5.41) is 2.70. The zero-order chi connectivity index (χ0) is 17.3. The smallest absolute Gasteiger partial charge is 0.197 e. The molecule has 1 atom stereocenters. The molecule has 1 aliphatic heterocycles. The standard InChI is InChI=1S/C24H28N/c1-3-5-10-16-24(4-2)18-25-17-15-19-11-6-7-12-20(19)23(25)21-13-8-9-14-22(21)24/h6-9,11-15,17H,3-5,10,16,18H2,1-2H3/q+1. The Hall–Kier alpha value is -2.15. The van der Waals surface area contributed by atoms with Crippen LogP contribution in [0.4, 0.5) is 0 Å². The highest BCUT2D eigenvalue weighted by molar-refractivity contribution is 5.94. The topological polar surface area (TPSA) is 3.88 Å². The lowest BCUT2D eigenvalue weighted by molar-refractivity contribution is -0.696. The third kappa shape index (κ3) is 2.66. The van der Waals surface area contributed by atoms with Crippen LogP contribution in [0.1, 0.15) is 51.5 Å². The molecule has 1 nitrogen and oxygen atoms in total. The molecule has 0 radical (unpaired) electrons. The zero-order valence-electron chi connectivity index (χ0n) is 15.5. The van der Waals surface area contributed by atoms with E-state index in [4.69, 9.17) is 0 Å². The van der Waals surface area contributed by atoms with Gasteiger partial charge in [-0.05, 0) is 35.9 Å². The van der Waals surface area contributed by atoms with Gasteiger partial charge in [0, 0.05) is 6.07 Å². The molecule has 0 aliphatic carbocycles. The first kappa shape index (κ1) is 16.3. The minimum Gasteiger partial charge on any atom is -0.197 e. The van der Waals surface area contributed by atoms with Crippen LogP contribution >= 0.6 is 0 Å².